The van der Waals surface area contributed by atoms with Crippen molar-refractivity contribution in [2.75, 3.05) is 5.32 Å². The number of nitro groups is 1. The summed E-state index contributed by atoms with van der Waals surface area (Å²) in [5.41, 5.74) is 2.37. The second kappa shape index (κ2) is 8.07. The van der Waals surface area contributed by atoms with Crippen LogP contribution in [0.3, 0.4) is 0 Å². The number of hydrogen-bond acceptors (Lipinski definition) is 4. The van der Waals surface area contributed by atoms with Gasteiger partial charge in [0, 0.05) is 29.8 Å². The highest BCUT2D eigenvalue weighted by atomic mass is 16.6. The summed E-state index contributed by atoms with van der Waals surface area (Å²) >= 11 is 0. The van der Waals surface area contributed by atoms with Gasteiger partial charge in [0.05, 0.1) is 11.0 Å². The molecule has 3 aromatic rings. The van der Waals surface area contributed by atoms with Gasteiger partial charge < -0.3 is 5.32 Å². The third-order valence-corrected chi connectivity index (χ3v) is 4.11. The van der Waals surface area contributed by atoms with Gasteiger partial charge in [-0.05, 0) is 29.8 Å². The number of benzene rings is 3. The van der Waals surface area contributed by atoms with Gasteiger partial charge in [0.2, 0.25) is 0 Å². The molecule has 0 saturated carbocycles. The van der Waals surface area contributed by atoms with E-state index in [9.17, 15) is 14.9 Å². The van der Waals surface area contributed by atoms with Crippen molar-refractivity contribution in [3.05, 3.63) is 106 Å². The van der Waals surface area contributed by atoms with Gasteiger partial charge in [0.1, 0.15) is 0 Å². The predicted octanol–water partition coefficient (Wildman–Crippen LogP) is 5.02. The van der Waals surface area contributed by atoms with E-state index < -0.39 is 4.92 Å². The topological polar surface area (TPSA) is 72.2 Å². The van der Waals surface area contributed by atoms with E-state index in [1.165, 1.54) is 24.3 Å². The van der Waals surface area contributed by atoms with E-state index >= 15 is 0 Å². The average Bonchev–Trinajstić information content (AvgIpc) is 2.69. The maximum atomic E-state index is 12.7. The van der Waals surface area contributed by atoms with Gasteiger partial charge in [-0.2, -0.15) is 0 Å². The second-order valence-electron chi connectivity index (χ2n) is 5.90. The monoisotopic (exact) mass is 346 g/mol. The van der Waals surface area contributed by atoms with Crippen molar-refractivity contribution in [2.45, 2.75) is 12.5 Å². The summed E-state index contributed by atoms with van der Waals surface area (Å²) in [6.07, 6.45) is 0.247. The van der Waals surface area contributed by atoms with Crippen molar-refractivity contribution in [3.8, 4) is 0 Å². The van der Waals surface area contributed by atoms with Crippen LogP contribution in [0.5, 0.6) is 0 Å². The van der Waals surface area contributed by atoms with E-state index in [0.717, 1.165) is 11.3 Å². The summed E-state index contributed by atoms with van der Waals surface area (Å²) in [4.78, 5) is 23.0. The molecule has 1 N–H and O–H groups in total. The number of rotatable bonds is 7. The molecule has 1 atom stereocenters. The van der Waals surface area contributed by atoms with Crippen LogP contribution in [0.15, 0.2) is 84.9 Å². The highest BCUT2D eigenvalue weighted by molar-refractivity contribution is 5.96. The smallest absolute Gasteiger partial charge is 0.269 e. The highest BCUT2D eigenvalue weighted by Crippen LogP contribution is 2.25. The Morgan fingerprint density at radius 1 is 0.885 bits per heavy atom. The number of para-hydroxylation sites is 1. The van der Waals surface area contributed by atoms with Crippen LogP contribution in [0.2, 0.25) is 0 Å². The number of non-ortho nitro benzene ring substituents is 1. The minimum atomic E-state index is -0.474. The largest absolute Gasteiger partial charge is 0.378 e. The molecule has 0 spiro atoms. The van der Waals surface area contributed by atoms with E-state index in [4.69, 9.17) is 0 Å². The Balaban J connectivity index is 1.80. The molecular formula is C21H18N2O3. The van der Waals surface area contributed by atoms with Crippen LogP contribution in [-0.2, 0) is 0 Å². The van der Waals surface area contributed by atoms with Crippen molar-refractivity contribution in [1.82, 2.24) is 0 Å². The normalized spacial score (nSPS) is 11.5. The molecule has 0 heterocycles. The molecule has 0 aromatic heterocycles. The molecule has 0 aliphatic carbocycles. The fourth-order valence-corrected chi connectivity index (χ4v) is 2.75. The molecule has 130 valence electrons. The fraction of sp³-hybridized carbons (Fsp3) is 0.0952. The Hall–Kier alpha value is -3.47. The zero-order valence-electron chi connectivity index (χ0n) is 14.0. The summed E-state index contributed by atoms with van der Waals surface area (Å²) in [5.74, 6) is -0.0721. The molecule has 0 saturated heterocycles. The van der Waals surface area contributed by atoms with E-state index in [0.29, 0.717) is 5.56 Å². The first-order valence-electron chi connectivity index (χ1n) is 8.27. The molecule has 0 fully saturated rings. The predicted molar refractivity (Wildman–Crippen MR) is 101 cm³/mol. The Morgan fingerprint density at radius 3 is 2.04 bits per heavy atom. The maximum Gasteiger partial charge on any atom is 0.269 e. The molecule has 1 unspecified atom stereocenters. The first-order chi connectivity index (χ1) is 12.6. The quantitative estimate of drug-likeness (QED) is 0.370. The van der Waals surface area contributed by atoms with Crippen molar-refractivity contribution < 1.29 is 9.72 Å². The number of nitrogens with zero attached hydrogens (tertiary/aromatic N) is 1. The van der Waals surface area contributed by atoms with Gasteiger partial charge >= 0.3 is 0 Å². The number of Topliss-reactive ketones (excluding diaryl/α,β-unsaturated/α-hetero) is 1. The van der Waals surface area contributed by atoms with Crippen molar-refractivity contribution >= 4 is 17.2 Å². The average molecular weight is 346 g/mol. The summed E-state index contributed by atoms with van der Waals surface area (Å²) in [6.45, 7) is 0. The van der Waals surface area contributed by atoms with E-state index in [-0.39, 0.29) is 23.9 Å². The lowest BCUT2D eigenvalue weighted by atomic mass is 9.97. The SMILES string of the molecule is O=C(CC(Nc1ccccc1)c1ccccc1)c1ccc([N+](=O)[O-])cc1. The van der Waals surface area contributed by atoms with Crippen LogP contribution in [0.1, 0.15) is 28.4 Å². The third kappa shape index (κ3) is 4.33. The van der Waals surface area contributed by atoms with Crippen LogP contribution >= 0.6 is 0 Å². The van der Waals surface area contributed by atoms with E-state index in [1.54, 1.807) is 0 Å². The first kappa shape index (κ1) is 17.4. The molecule has 26 heavy (non-hydrogen) atoms. The lowest BCUT2D eigenvalue weighted by Gasteiger charge is -2.20. The van der Waals surface area contributed by atoms with Gasteiger partial charge in [-0.3, -0.25) is 14.9 Å². The maximum absolute atomic E-state index is 12.7. The van der Waals surface area contributed by atoms with Crippen molar-refractivity contribution in [3.63, 3.8) is 0 Å². The third-order valence-electron chi connectivity index (χ3n) is 4.11. The van der Waals surface area contributed by atoms with Crippen LogP contribution in [0.25, 0.3) is 0 Å². The number of carbonyl (C=O) groups is 1. The number of carbonyl (C=O) groups excluding carboxylic acids is 1. The minimum absolute atomic E-state index is 0.0245. The molecule has 0 bridgehead atoms. The zero-order chi connectivity index (χ0) is 18.4. The fourth-order valence-electron chi connectivity index (χ4n) is 2.75. The number of ketones is 1. The van der Waals surface area contributed by atoms with Crippen molar-refractivity contribution in [1.29, 1.82) is 0 Å². The Labute approximate surface area is 151 Å². The Kier molecular flexibility index (Phi) is 5.39. The highest BCUT2D eigenvalue weighted by Gasteiger charge is 2.18. The summed E-state index contributed by atoms with van der Waals surface area (Å²) < 4.78 is 0. The molecule has 0 amide bonds. The number of anilines is 1. The van der Waals surface area contributed by atoms with Crippen LogP contribution in [-0.4, -0.2) is 10.7 Å². The molecule has 0 radical (unpaired) electrons. The van der Waals surface area contributed by atoms with E-state index in [2.05, 4.69) is 5.32 Å². The minimum Gasteiger partial charge on any atom is -0.378 e. The van der Waals surface area contributed by atoms with Gasteiger partial charge in [-0.1, -0.05) is 48.5 Å². The van der Waals surface area contributed by atoms with E-state index in [1.807, 2.05) is 60.7 Å². The molecule has 3 aromatic carbocycles. The standard InChI is InChI=1S/C21H18N2O3/c24-21(17-11-13-19(14-12-17)23(25)26)15-20(16-7-3-1-4-8-16)22-18-9-5-2-6-10-18/h1-14,20,22H,15H2. The number of nitrogens with one attached hydrogen (secondary N) is 1. The number of hydrogen-bond donors (Lipinski definition) is 1. The van der Waals surface area contributed by atoms with Gasteiger partial charge in [0.25, 0.3) is 5.69 Å². The Morgan fingerprint density at radius 2 is 1.46 bits per heavy atom. The van der Waals surface area contributed by atoms with Gasteiger partial charge in [0.15, 0.2) is 5.78 Å². The molecular weight excluding hydrogens is 328 g/mol. The van der Waals surface area contributed by atoms with Gasteiger partial charge in [-0.25, -0.2) is 0 Å². The van der Waals surface area contributed by atoms with Crippen LogP contribution in [0, 0.1) is 10.1 Å². The first-order valence-corrected chi connectivity index (χ1v) is 8.27. The molecule has 5 nitrogen and oxygen atoms in total. The summed E-state index contributed by atoms with van der Waals surface area (Å²) in [5, 5.41) is 14.2. The molecule has 3 rings (SSSR count). The summed E-state index contributed by atoms with van der Waals surface area (Å²) in [7, 11) is 0. The van der Waals surface area contributed by atoms with Crippen molar-refractivity contribution in [2.24, 2.45) is 0 Å². The van der Waals surface area contributed by atoms with Gasteiger partial charge in [-0.15, -0.1) is 0 Å². The zero-order valence-corrected chi connectivity index (χ0v) is 14.0. The molecule has 0 aliphatic heterocycles. The number of nitro benzene ring substituents is 1. The lowest BCUT2D eigenvalue weighted by Crippen LogP contribution is -2.15. The van der Waals surface area contributed by atoms with Crippen LogP contribution < -0.4 is 5.32 Å². The molecule has 5 heteroatoms. The van der Waals surface area contributed by atoms with Crippen LogP contribution in [0.4, 0.5) is 11.4 Å². The Bertz CT molecular complexity index is 878. The summed E-state index contributed by atoms with van der Waals surface area (Å²) in [6, 6.07) is 25.0. The second-order valence-corrected chi connectivity index (χ2v) is 5.90. The molecule has 0 aliphatic rings. The lowest BCUT2D eigenvalue weighted by molar-refractivity contribution is -0.384.